The van der Waals surface area contributed by atoms with E-state index in [9.17, 15) is 14.0 Å². The Morgan fingerprint density at radius 1 is 0.952 bits per heavy atom. The number of carbonyl (C=O) groups excluding carboxylic acids is 2. The van der Waals surface area contributed by atoms with Crippen LogP contribution in [0.25, 0.3) is 22.0 Å². The Kier molecular flexibility index (Phi) is 6.38. The van der Waals surface area contributed by atoms with Crippen molar-refractivity contribution in [2.75, 3.05) is 23.7 Å². The largest absolute Gasteiger partial charge is 0.338 e. The summed E-state index contributed by atoms with van der Waals surface area (Å²) >= 11 is 0. The van der Waals surface area contributed by atoms with Gasteiger partial charge < -0.3 is 15.5 Å². The van der Waals surface area contributed by atoms with E-state index in [2.05, 4.69) is 30.8 Å². The van der Waals surface area contributed by atoms with Crippen LogP contribution in [-0.2, 0) is 11.2 Å². The van der Waals surface area contributed by atoms with Gasteiger partial charge in [-0.1, -0.05) is 24.3 Å². The van der Waals surface area contributed by atoms with Crippen LogP contribution in [0.2, 0.25) is 0 Å². The van der Waals surface area contributed by atoms with E-state index in [0.717, 1.165) is 47.1 Å². The number of halogens is 1. The molecule has 2 aromatic heterocycles. The van der Waals surface area contributed by atoms with Crippen molar-refractivity contribution in [2.24, 2.45) is 5.41 Å². The normalized spacial score (nSPS) is 15.2. The maximum Gasteiger partial charge on any atom is 0.253 e. The number of nitrogens with zero attached hydrogens (tertiary/aromatic N) is 4. The first-order chi connectivity index (χ1) is 20.4. The lowest BCUT2D eigenvalue weighted by Crippen LogP contribution is -2.28. The van der Waals surface area contributed by atoms with Gasteiger partial charge >= 0.3 is 0 Å². The third-order valence-corrected chi connectivity index (χ3v) is 8.12. The SMILES string of the molecule is O=C(Cc1cc(Nc2ncnc3cc(-c4ccc(C(=O)N5CCC6(CC6)C5)cc4)ccc23)n[nH]1)Nc1cccc(F)c1. The molecule has 1 saturated heterocycles. The van der Waals surface area contributed by atoms with E-state index in [1.165, 1.54) is 37.4 Å². The van der Waals surface area contributed by atoms with E-state index in [4.69, 9.17) is 0 Å². The van der Waals surface area contributed by atoms with Crippen molar-refractivity contribution in [1.29, 1.82) is 0 Å². The van der Waals surface area contributed by atoms with Crippen LogP contribution in [0.4, 0.5) is 21.7 Å². The first-order valence-corrected chi connectivity index (χ1v) is 13.9. The van der Waals surface area contributed by atoms with Crippen molar-refractivity contribution in [3.8, 4) is 11.1 Å². The molecule has 5 aromatic rings. The molecule has 3 N–H and O–H groups in total. The van der Waals surface area contributed by atoms with Gasteiger partial charge in [-0.15, -0.1) is 0 Å². The molecule has 1 spiro atoms. The summed E-state index contributed by atoms with van der Waals surface area (Å²) in [6.07, 6.45) is 5.16. The number of nitrogens with one attached hydrogen (secondary N) is 3. The van der Waals surface area contributed by atoms with Crippen molar-refractivity contribution < 1.29 is 14.0 Å². The fourth-order valence-electron chi connectivity index (χ4n) is 5.60. The van der Waals surface area contributed by atoms with E-state index in [0.29, 0.717) is 28.4 Å². The number of aromatic amines is 1. The van der Waals surface area contributed by atoms with Gasteiger partial charge in [-0.05, 0) is 78.3 Å². The minimum Gasteiger partial charge on any atom is -0.338 e. The zero-order valence-corrected chi connectivity index (χ0v) is 22.7. The van der Waals surface area contributed by atoms with Gasteiger partial charge in [0.05, 0.1) is 11.9 Å². The number of aromatic nitrogens is 4. The van der Waals surface area contributed by atoms with Crippen LogP contribution < -0.4 is 10.6 Å². The second-order valence-corrected chi connectivity index (χ2v) is 11.1. The molecule has 210 valence electrons. The van der Waals surface area contributed by atoms with Crippen LogP contribution in [0, 0.1) is 11.2 Å². The summed E-state index contributed by atoms with van der Waals surface area (Å²) in [5, 5.41) is 13.8. The maximum atomic E-state index is 13.4. The van der Waals surface area contributed by atoms with Crippen LogP contribution >= 0.6 is 0 Å². The second-order valence-electron chi connectivity index (χ2n) is 11.1. The average Bonchev–Trinajstić information content (AvgIpc) is 3.40. The Hall–Kier alpha value is -5.12. The second kappa shape index (κ2) is 10.4. The van der Waals surface area contributed by atoms with Gasteiger partial charge in [0.1, 0.15) is 18.0 Å². The standard InChI is InChI=1S/C32H28FN7O2/c33-23-2-1-3-24(15-23)36-29(41)17-25-16-28(39-38-25)37-30-26-9-8-22(14-27(26)34-19-35-30)20-4-6-21(7-5-20)31(42)40-13-12-32(18-40)10-11-32/h1-9,14-16,19H,10-13,17-18H2,(H,36,41)(H2,34,35,37,38,39). The van der Waals surface area contributed by atoms with Crippen molar-refractivity contribution >= 4 is 40.0 Å². The van der Waals surface area contributed by atoms with E-state index >= 15 is 0 Å². The average molecular weight is 562 g/mol. The number of anilines is 3. The molecule has 0 bridgehead atoms. The molecule has 1 aliphatic carbocycles. The Morgan fingerprint density at radius 3 is 2.57 bits per heavy atom. The molecule has 0 radical (unpaired) electrons. The monoisotopic (exact) mass is 561 g/mol. The summed E-state index contributed by atoms with van der Waals surface area (Å²) in [7, 11) is 0. The number of rotatable bonds is 7. The molecule has 2 fully saturated rings. The number of amides is 2. The molecular formula is C32H28FN7O2. The van der Waals surface area contributed by atoms with Gasteiger partial charge in [0.2, 0.25) is 5.91 Å². The van der Waals surface area contributed by atoms with Crippen molar-refractivity contribution in [2.45, 2.75) is 25.7 Å². The number of H-pyrrole nitrogens is 1. The van der Waals surface area contributed by atoms with Crippen molar-refractivity contribution in [1.82, 2.24) is 25.1 Å². The van der Waals surface area contributed by atoms with Crippen molar-refractivity contribution in [3.63, 3.8) is 0 Å². The van der Waals surface area contributed by atoms with Crippen LogP contribution in [0.3, 0.4) is 0 Å². The van der Waals surface area contributed by atoms with E-state index in [-0.39, 0.29) is 18.2 Å². The van der Waals surface area contributed by atoms with Crippen LogP contribution in [0.1, 0.15) is 35.3 Å². The Labute approximate surface area is 241 Å². The number of hydrogen-bond acceptors (Lipinski definition) is 6. The molecule has 2 aliphatic rings. The first kappa shape index (κ1) is 25.8. The Balaban J connectivity index is 1.02. The molecule has 1 aliphatic heterocycles. The molecule has 3 heterocycles. The summed E-state index contributed by atoms with van der Waals surface area (Å²) in [5.41, 5.74) is 4.84. The third-order valence-electron chi connectivity index (χ3n) is 8.12. The topological polar surface area (TPSA) is 116 Å². The van der Waals surface area contributed by atoms with Crippen LogP contribution in [0.5, 0.6) is 0 Å². The zero-order chi connectivity index (χ0) is 28.7. The minimum absolute atomic E-state index is 0.0439. The molecule has 0 unspecified atom stereocenters. The predicted molar refractivity (Wildman–Crippen MR) is 158 cm³/mol. The predicted octanol–water partition coefficient (Wildman–Crippen LogP) is 5.71. The summed E-state index contributed by atoms with van der Waals surface area (Å²) < 4.78 is 13.4. The lowest BCUT2D eigenvalue weighted by molar-refractivity contribution is -0.115. The summed E-state index contributed by atoms with van der Waals surface area (Å²) in [5.74, 6) is 0.475. The maximum absolute atomic E-state index is 13.4. The van der Waals surface area contributed by atoms with Gasteiger partial charge in [0.25, 0.3) is 5.91 Å². The van der Waals surface area contributed by atoms with Gasteiger partial charge in [0.15, 0.2) is 5.82 Å². The van der Waals surface area contributed by atoms with E-state index in [1.54, 1.807) is 12.1 Å². The highest BCUT2D eigenvalue weighted by molar-refractivity contribution is 5.96. The quantitative estimate of drug-likeness (QED) is 0.234. The fraction of sp³-hybridized carbons (Fsp3) is 0.219. The van der Waals surface area contributed by atoms with Crippen molar-refractivity contribution in [3.05, 3.63) is 96.2 Å². The minimum atomic E-state index is -0.418. The van der Waals surface area contributed by atoms with E-state index in [1.807, 2.05) is 47.4 Å². The van der Waals surface area contributed by atoms with Crippen LogP contribution in [-0.4, -0.2) is 50.0 Å². The summed E-state index contributed by atoms with van der Waals surface area (Å²) in [4.78, 5) is 36.2. The third kappa shape index (κ3) is 5.30. The van der Waals surface area contributed by atoms with Gasteiger partial charge in [-0.25, -0.2) is 14.4 Å². The molecule has 1 saturated carbocycles. The number of fused-ring (bicyclic) bond motifs is 1. The zero-order valence-electron chi connectivity index (χ0n) is 22.7. The molecule has 0 atom stereocenters. The molecule has 42 heavy (non-hydrogen) atoms. The first-order valence-electron chi connectivity index (χ1n) is 13.9. The molecular weight excluding hydrogens is 533 g/mol. The molecule has 10 heteroatoms. The highest BCUT2D eigenvalue weighted by atomic mass is 19.1. The molecule has 7 rings (SSSR count). The Bertz CT molecular complexity index is 1810. The molecule has 9 nitrogen and oxygen atoms in total. The number of carbonyl (C=O) groups is 2. The summed E-state index contributed by atoms with van der Waals surface area (Å²) in [6, 6.07) is 21.2. The summed E-state index contributed by atoms with van der Waals surface area (Å²) in [6.45, 7) is 1.74. The highest BCUT2D eigenvalue weighted by Crippen LogP contribution is 2.52. The van der Waals surface area contributed by atoms with Gasteiger partial charge in [-0.2, -0.15) is 5.10 Å². The Morgan fingerprint density at radius 2 is 1.79 bits per heavy atom. The number of benzene rings is 3. The van der Waals surface area contributed by atoms with Crippen LogP contribution in [0.15, 0.2) is 79.1 Å². The van der Waals surface area contributed by atoms with Gasteiger partial charge in [0, 0.05) is 41.5 Å². The molecule has 3 aromatic carbocycles. The van der Waals surface area contributed by atoms with E-state index < -0.39 is 5.82 Å². The molecule has 2 amide bonds. The lowest BCUT2D eigenvalue weighted by atomic mass is 10.0. The smallest absolute Gasteiger partial charge is 0.253 e. The number of hydrogen-bond donors (Lipinski definition) is 3. The highest BCUT2D eigenvalue weighted by Gasteiger charge is 2.48. The lowest BCUT2D eigenvalue weighted by Gasteiger charge is -2.16. The fourth-order valence-corrected chi connectivity index (χ4v) is 5.60. The van der Waals surface area contributed by atoms with Gasteiger partial charge in [-0.3, -0.25) is 14.7 Å². The number of likely N-dealkylation sites (tertiary alicyclic amines) is 1.